The lowest BCUT2D eigenvalue weighted by atomic mass is 9.91. The molecule has 0 bridgehead atoms. The topological polar surface area (TPSA) is 59.4 Å². The molecule has 0 spiro atoms. The Hall–Kier alpha value is -3.14. The minimum absolute atomic E-state index is 0.0903. The summed E-state index contributed by atoms with van der Waals surface area (Å²) < 4.78 is 5.31. The SMILES string of the molecule is COc1ccc(-c2ccc(-c3cccnc3)cc2C)c(CCC(=O)O)c1. The molecule has 1 aromatic heterocycles. The average Bonchev–Trinajstić information content (AvgIpc) is 2.67. The molecule has 2 aromatic carbocycles. The number of methoxy groups -OCH3 is 1. The zero-order chi connectivity index (χ0) is 18.5. The van der Waals surface area contributed by atoms with Crippen molar-refractivity contribution in [2.75, 3.05) is 7.11 Å². The summed E-state index contributed by atoms with van der Waals surface area (Å²) in [6.07, 6.45) is 4.16. The monoisotopic (exact) mass is 347 g/mol. The molecular formula is C22H21NO3. The van der Waals surface area contributed by atoms with Gasteiger partial charge in [-0.1, -0.05) is 30.3 Å². The van der Waals surface area contributed by atoms with Crippen LogP contribution in [-0.4, -0.2) is 23.2 Å². The lowest BCUT2D eigenvalue weighted by Crippen LogP contribution is -2.00. The minimum atomic E-state index is -0.803. The summed E-state index contributed by atoms with van der Waals surface area (Å²) in [5.41, 5.74) is 6.43. The first-order valence-corrected chi connectivity index (χ1v) is 8.48. The molecule has 4 heteroatoms. The lowest BCUT2D eigenvalue weighted by Gasteiger charge is -2.14. The second-order valence-electron chi connectivity index (χ2n) is 6.19. The molecule has 3 aromatic rings. The van der Waals surface area contributed by atoms with E-state index in [0.717, 1.165) is 39.1 Å². The first-order valence-electron chi connectivity index (χ1n) is 8.48. The van der Waals surface area contributed by atoms with Crippen molar-refractivity contribution in [3.8, 4) is 28.0 Å². The van der Waals surface area contributed by atoms with Gasteiger partial charge in [0.15, 0.2) is 0 Å². The van der Waals surface area contributed by atoms with E-state index in [-0.39, 0.29) is 6.42 Å². The minimum Gasteiger partial charge on any atom is -0.497 e. The Bertz CT molecular complexity index is 920. The Morgan fingerprint density at radius 1 is 1.08 bits per heavy atom. The van der Waals surface area contributed by atoms with E-state index in [2.05, 4.69) is 30.1 Å². The normalized spacial score (nSPS) is 10.5. The van der Waals surface area contributed by atoms with Crippen molar-refractivity contribution in [1.29, 1.82) is 0 Å². The molecule has 0 fully saturated rings. The molecule has 0 saturated heterocycles. The third kappa shape index (κ3) is 3.91. The Kier molecular flexibility index (Phi) is 5.32. The maximum absolute atomic E-state index is 11.0. The Balaban J connectivity index is 2.01. The largest absolute Gasteiger partial charge is 0.497 e. The lowest BCUT2D eigenvalue weighted by molar-refractivity contribution is -0.136. The predicted octanol–water partition coefficient (Wildman–Crippen LogP) is 4.75. The highest BCUT2D eigenvalue weighted by molar-refractivity contribution is 5.76. The zero-order valence-electron chi connectivity index (χ0n) is 14.9. The van der Waals surface area contributed by atoms with Gasteiger partial charge in [0.05, 0.1) is 7.11 Å². The molecule has 4 nitrogen and oxygen atoms in total. The third-order valence-electron chi connectivity index (χ3n) is 4.43. The fourth-order valence-electron chi connectivity index (χ4n) is 3.09. The van der Waals surface area contributed by atoms with E-state index in [1.165, 1.54) is 0 Å². The van der Waals surface area contributed by atoms with Crippen LogP contribution in [0.15, 0.2) is 60.9 Å². The molecule has 132 valence electrons. The van der Waals surface area contributed by atoms with Crippen molar-refractivity contribution in [2.24, 2.45) is 0 Å². The molecule has 3 rings (SSSR count). The van der Waals surface area contributed by atoms with Crippen LogP contribution >= 0.6 is 0 Å². The number of aryl methyl sites for hydroxylation is 2. The van der Waals surface area contributed by atoms with Gasteiger partial charge in [0.2, 0.25) is 0 Å². The number of benzene rings is 2. The highest BCUT2D eigenvalue weighted by Crippen LogP contribution is 2.33. The van der Waals surface area contributed by atoms with Crippen molar-refractivity contribution < 1.29 is 14.6 Å². The van der Waals surface area contributed by atoms with Crippen LogP contribution in [0.2, 0.25) is 0 Å². The standard InChI is InChI=1S/C22H21NO3/c1-15-12-16(18-4-3-11-23-14-18)5-8-20(15)21-9-7-19(26-2)13-17(21)6-10-22(24)25/h3-5,7-9,11-14H,6,10H2,1-2H3,(H,24,25). The first kappa shape index (κ1) is 17.7. The van der Waals surface area contributed by atoms with Crippen LogP contribution in [0.4, 0.5) is 0 Å². The van der Waals surface area contributed by atoms with Crippen LogP contribution in [-0.2, 0) is 11.2 Å². The van der Waals surface area contributed by atoms with Gasteiger partial charge in [0.25, 0.3) is 0 Å². The number of aliphatic carboxylic acids is 1. The van der Waals surface area contributed by atoms with Crippen molar-refractivity contribution in [3.05, 3.63) is 72.1 Å². The molecule has 0 saturated carbocycles. The number of carboxylic acid groups (broad SMARTS) is 1. The number of pyridine rings is 1. The maximum Gasteiger partial charge on any atom is 0.303 e. The van der Waals surface area contributed by atoms with Crippen LogP contribution in [0.1, 0.15) is 17.5 Å². The molecule has 0 aliphatic carbocycles. The summed E-state index contributed by atoms with van der Waals surface area (Å²) in [4.78, 5) is 15.2. The van der Waals surface area contributed by atoms with Gasteiger partial charge in [-0.25, -0.2) is 0 Å². The number of aromatic nitrogens is 1. The summed E-state index contributed by atoms with van der Waals surface area (Å²) in [5, 5.41) is 9.04. The van der Waals surface area contributed by atoms with Gasteiger partial charge in [0.1, 0.15) is 5.75 Å². The first-order chi connectivity index (χ1) is 12.6. The van der Waals surface area contributed by atoms with Crippen molar-refractivity contribution in [1.82, 2.24) is 4.98 Å². The van der Waals surface area contributed by atoms with Crippen LogP contribution < -0.4 is 4.74 Å². The van der Waals surface area contributed by atoms with Crippen molar-refractivity contribution >= 4 is 5.97 Å². The maximum atomic E-state index is 11.0. The quantitative estimate of drug-likeness (QED) is 0.699. The highest BCUT2D eigenvalue weighted by atomic mass is 16.5. The molecule has 0 aliphatic rings. The summed E-state index contributed by atoms with van der Waals surface area (Å²) in [6.45, 7) is 2.07. The number of nitrogens with zero attached hydrogens (tertiary/aromatic N) is 1. The molecule has 0 radical (unpaired) electrons. The molecule has 1 heterocycles. The van der Waals surface area contributed by atoms with E-state index in [1.807, 2.05) is 36.5 Å². The van der Waals surface area contributed by atoms with Crippen molar-refractivity contribution in [2.45, 2.75) is 19.8 Å². The Morgan fingerprint density at radius 2 is 1.88 bits per heavy atom. The van der Waals surface area contributed by atoms with Gasteiger partial charge in [-0.05, 0) is 64.9 Å². The fourth-order valence-corrected chi connectivity index (χ4v) is 3.09. The van der Waals surface area contributed by atoms with Crippen LogP contribution in [0.3, 0.4) is 0 Å². The molecule has 0 atom stereocenters. The van der Waals surface area contributed by atoms with Crippen molar-refractivity contribution in [3.63, 3.8) is 0 Å². The molecule has 26 heavy (non-hydrogen) atoms. The van der Waals surface area contributed by atoms with Gasteiger partial charge in [-0.3, -0.25) is 9.78 Å². The Labute approximate surface area is 153 Å². The zero-order valence-corrected chi connectivity index (χ0v) is 14.9. The van der Waals surface area contributed by atoms with E-state index >= 15 is 0 Å². The molecule has 1 N–H and O–H groups in total. The number of hydrogen-bond acceptors (Lipinski definition) is 3. The second-order valence-corrected chi connectivity index (χ2v) is 6.19. The Morgan fingerprint density at radius 3 is 2.54 bits per heavy atom. The van der Waals surface area contributed by atoms with E-state index in [1.54, 1.807) is 13.3 Å². The number of carbonyl (C=O) groups is 1. The van der Waals surface area contributed by atoms with E-state index in [0.29, 0.717) is 6.42 Å². The summed E-state index contributed by atoms with van der Waals surface area (Å²) in [7, 11) is 1.62. The van der Waals surface area contributed by atoms with Gasteiger partial charge in [-0.2, -0.15) is 0 Å². The van der Waals surface area contributed by atoms with E-state index in [4.69, 9.17) is 9.84 Å². The highest BCUT2D eigenvalue weighted by Gasteiger charge is 2.12. The number of ether oxygens (including phenoxy) is 1. The third-order valence-corrected chi connectivity index (χ3v) is 4.43. The summed E-state index contributed by atoms with van der Waals surface area (Å²) >= 11 is 0. The van der Waals surface area contributed by atoms with Gasteiger partial charge < -0.3 is 9.84 Å². The average molecular weight is 347 g/mol. The van der Waals surface area contributed by atoms with E-state index in [9.17, 15) is 4.79 Å². The molecule has 0 aliphatic heterocycles. The fraction of sp³-hybridized carbons (Fsp3) is 0.182. The number of hydrogen-bond donors (Lipinski definition) is 1. The summed E-state index contributed by atoms with van der Waals surface area (Å²) in [6, 6.07) is 16.1. The van der Waals surface area contributed by atoms with Crippen LogP contribution in [0.25, 0.3) is 22.3 Å². The smallest absolute Gasteiger partial charge is 0.303 e. The second kappa shape index (κ2) is 7.83. The van der Waals surface area contributed by atoms with Gasteiger partial charge in [0, 0.05) is 18.8 Å². The van der Waals surface area contributed by atoms with Gasteiger partial charge in [-0.15, -0.1) is 0 Å². The molecular weight excluding hydrogens is 326 g/mol. The number of carboxylic acids is 1. The summed E-state index contributed by atoms with van der Waals surface area (Å²) in [5.74, 6) is -0.0683. The molecule has 0 amide bonds. The van der Waals surface area contributed by atoms with Crippen LogP contribution in [0.5, 0.6) is 5.75 Å². The molecule has 0 unspecified atom stereocenters. The van der Waals surface area contributed by atoms with E-state index < -0.39 is 5.97 Å². The number of rotatable bonds is 6. The predicted molar refractivity (Wildman–Crippen MR) is 102 cm³/mol. The van der Waals surface area contributed by atoms with Gasteiger partial charge >= 0.3 is 5.97 Å². The van der Waals surface area contributed by atoms with Crippen LogP contribution in [0, 0.1) is 6.92 Å².